The van der Waals surface area contributed by atoms with Crippen LogP contribution in [0, 0.1) is 0 Å². The molecular weight excluding hydrogens is 458 g/mol. The van der Waals surface area contributed by atoms with Gasteiger partial charge in [-0.3, -0.25) is 14.4 Å². The smallest absolute Gasteiger partial charge is 0.303 e. The molecule has 10 nitrogen and oxygen atoms in total. The van der Waals surface area contributed by atoms with Gasteiger partial charge in [-0.2, -0.15) is 0 Å². The molecule has 0 aliphatic heterocycles. The second-order valence-electron chi connectivity index (χ2n) is 6.06. The van der Waals surface area contributed by atoms with Crippen molar-refractivity contribution in [2.75, 3.05) is 11.9 Å². The quantitative estimate of drug-likeness (QED) is 0.138. The number of nitrogens with zero attached hydrogens (tertiary/aromatic N) is 1. The van der Waals surface area contributed by atoms with Crippen LogP contribution in [0.5, 0.6) is 5.75 Å². The number of carboxylic acids is 1. The number of aromatic hydroxyl groups is 1. The van der Waals surface area contributed by atoms with Crippen LogP contribution in [-0.4, -0.2) is 40.9 Å². The van der Waals surface area contributed by atoms with Gasteiger partial charge in [-0.25, -0.2) is 10.8 Å². The maximum atomic E-state index is 12.2. The Balaban J connectivity index is 1.96. The van der Waals surface area contributed by atoms with E-state index in [2.05, 4.69) is 37.0 Å². The van der Waals surface area contributed by atoms with E-state index in [0.717, 1.165) is 0 Å². The third kappa shape index (κ3) is 6.87. The second-order valence-corrected chi connectivity index (χ2v) is 6.91. The molecule has 0 aromatic heterocycles. The number of rotatable bonds is 9. The number of halogens is 1. The first-order chi connectivity index (χ1) is 14.3. The van der Waals surface area contributed by atoms with Crippen LogP contribution in [-0.2, 0) is 16.0 Å². The Kier molecular flexibility index (Phi) is 8.32. The van der Waals surface area contributed by atoms with E-state index in [0.29, 0.717) is 21.3 Å². The molecule has 2 rings (SSSR count). The summed E-state index contributed by atoms with van der Waals surface area (Å²) in [5.74, 6) is 3.02. The molecule has 0 spiro atoms. The summed E-state index contributed by atoms with van der Waals surface area (Å²) in [5.41, 5.74) is 3.80. The van der Waals surface area contributed by atoms with Crippen molar-refractivity contribution in [3.8, 4) is 5.75 Å². The van der Waals surface area contributed by atoms with Crippen molar-refractivity contribution in [3.05, 3.63) is 52.0 Å². The number of aliphatic carboxylic acids is 1. The maximum Gasteiger partial charge on any atom is 0.303 e. The normalized spacial score (nSPS) is 10.6. The lowest BCUT2D eigenvalue weighted by atomic mass is 10.1. The molecule has 2 amide bonds. The van der Waals surface area contributed by atoms with Gasteiger partial charge in [-0.15, -0.1) is 0 Å². The van der Waals surface area contributed by atoms with Crippen molar-refractivity contribution < 1.29 is 24.6 Å². The molecule has 2 aromatic rings. The Labute approximate surface area is 180 Å². The Hall–Kier alpha value is -3.44. The summed E-state index contributed by atoms with van der Waals surface area (Å²) in [4.78, 5) is 39.1. The van der Waals surface area contributed by atoms with Crippen LogP contribution >= 0.6 is 15.9 Å². The van der Waals surface area contributed by atoms with E-state index < -0.39 is 17.8 Å². The molecule has 0 fully saturated rings. The fourth-order valence-corrected chi connectivity index (χ4v) is 2.93. The van der Waals surface area contributed by atoms with Gasteiger partial charge in [0, 0.05) is 22.5 Å². The maximum absolute atomic E-state index is 12.2. The molecule has 7 N–H and O–H groups in total. The lowest BCUT2D eigenvalue weighted by Gasteiger charge is -2.12. The highest BCUT2D eigenvalue weighted by Gasteiger charge is 2.13. The minimum atomic E-state index is -0.980. The third-order valence-corrected chi connectivity index (χ3v) is 4.51. The number of carbonyl (C=O) groups is 3. The lowest BCUT2D eigenvalue weighted by molar-refractivity contribution is -0.137. The summed E-state index contributed by atoms with van der Waals surface area (Å²) in [7, 11) is 0. The summed E-state index contributed by atoms with van der Waals surface area (Å²) in [6, 6.07) is 9.28. The fourth-order valence-electron chi connectivity index (χ4n) is 2.44. The van der Waals surface area contributed by atoms with Gasteiger partial charge in [0.05, 0.1) is 17.9 Å². The molecule has 158 valence electrons. The predicted molar refractivity (Wildman–Crippen MR) is 115 cm³/mol. The fraction of sp³-hybridized carbons (Fsp3) is 0.158. The van der Waals surface area contributed by atoms with Crippen molar-refractivity contribution in [2.24, 2.45) is 10.8 Å². The number of hydrogen-bond donors (Lipinski definition) is 6. The molecule has 0 saturated heterocycles. The average Bonchev–Trinajstić information content (AvgIpc) is 2.72. The Morgan fingerprint density at radius 1 is 1.20 bits per heavy atom. The number of benzene rings is 2. The minimum Gasteiger partial charge on any atom is -0.508 e. The number of anilines is 1. The van der Waals surface area contributed by atoms with E-state index >= 15 is 0 Å². The highest BCUT2D eigenvalue weighted by molar-refractivity contribution is 9.10. The first kappa shape index (κ1) is 22.8. The van der Waals surface area contributed by atoms with E-state index in [1.54, 1.807) is 18.2 Å². The third-order valence-electron chi connectivity index (χ3n) is 3.86. The number of aliphatic imine (C=N–C) groups is 1. The number of hydrazine groups is 1. The zero-order valence-electron chi connectivity index (χ0n) is 15.7. The average molecular weight is 478 g/mol. The molecule has 0 saturated carbocycles. The number of aryl methyl sites for hydroxylation is 1. The first-order valence-electron chi connectivity index (χ1n) is 8.70. The Morgan fingerprint density at radius 2 is 1.97 bits per heavy atom. The topological polar surface area (TPSA) is 166 Å². The number of amides is 2. The van der Waals surface area contributed by atoms with Gasteiger partial charge in [0.15, 0.2) is 0 Å². The monoisotopic (exact) mass is 477 g/mol. The van der Waals surface area contributed by atoms with Crippen LogP contribution in [0.25, 0.3) is 0 Å². The summed E-state index contributed by atoms with van der Waals surface area (Å²) < 4.78 is 0.472. The van der Waals surface area contributed by atoms with Gasteiger partial charge in [-0.05, 0) is 52.2 Å². The molecule has 30 heavy (non-hydrogen) atoms. The van der Waals surface area contributed by atoms with Gasteiger partial charge in [0.2, 0.25) is 5.91 Å². The molecule has 0 atom stereocenters. The highest BCUT2D eigenvalue weighted by atomic mass is 79.9. The van der Waals surface area contributed by atoms with E-state index in [1.165, 1.54) is 24.5 Å². The number of nitrogens with two attached hydrogens (primary N) is 1. The molecule has 0 aliphatic carbocycles. The zero-order chi connectivity index (χ0) is 22.1. The van der Waals surface area contributed by atoms with Crippen LogP contribution in [0.15, 0.2) is 45.9 Å². The first-order valence-corrected chi connectivity index (χ1v) is 9.49. The van der Waals surface area contributed by atoms with E-state index in [9.17, 15) is 19.5 Å². The summed E-state index contributed by atoms with van der Waals surface area (Å²) in [5, 5.41) is 23.8. The predicted octanol–water partition coefficient (Wildman–Crippen LogP) is 1.66. The van der Waals surface area contributed by atoms with Crippen molar-refractivity contribution in [3.63, 3.8) is 0 Å². The van der Waals surface area contributed by atoms with Crippen LogP contribution in [0.1, 0.15) is 22.3 Å². The molecule has 0 bridgehead atoms. The number of nitrogens with one attached hydrogen (secondary N) is 3. The van der Waals surface area contributed by atoms with Crippen LogP contribution in [0.3, 0.4) is 0 Å². The number of phenols is 1. The van der Waals surface area contributed by atoms with Crippen LogP contribution < -0.4 is 21.9 Å². The SMILES string of the molecule is NNC=Nc1cccc(C(=O)NCC(=O)Nc2cc(O)c(CCC(=O)O)cc2Br)c1. The molecule has 0 aliphatic rings. The largest absolute Gasteiger partial charge is 0.508 e. The molecule has 11 heteroatoms. The number of phenolic OH excluding ortho intramolecular Hbond substituents is 1. The van der Waals surface area contributed by atoms with Crippen molar-refractivity contribution in [1.29, 1.82) is 0 Å². The van der Waals surface area contributed by atoms with Gasteiger partial charge in [-0.1, -0.05) is 6.07 Å². The molecular formula is C19H20BrN5O5. The van der Waals surface area contributed by atoms with Crippen molar-refractivity contribution in [1.82, 2.24) is 10.7 Å². The van der Waals surface area contributed by atoms with Crippen LogP contribution in [0.4, 0.5) is 11.4 Å². The van der Waals surface area contributed by atoms with Gasteiger partial charge < -0.3 is 26.3 Å². The summed E-state index contributed by atoms with van der Waals surface area (Å²) in [6.07, 6.45) is 1.28. The van der Waals surface area contributed by atoms with E-state index in [-0.39, 0.29) is 30.8 Å². The van der Waals surface area contributed by atoms with Gasteiger partial charge in [0.25, 0.3) is 5.91 Å². The summed E-state index contributed by atoms with van der Waals surface area (Å²) in [6.45, 7) is -0.301. The number of carbonyl (C=O) groups excluding carboxylic acids is 2. The Bertz CT molecular complexity index is 980. The lowest BCUT2D eigenvalue weighted by Crippen LogP contribution is -2.32. The molecule has 0 unspecified atom stereocenters. The molecule has 0 heterocycles. The van der Waals surface area contributed by atoms with Crippen LogP contribution in [0.2, 0.25) is 0 Å². The zero-order valence-corrected chi connectivity index (χ0v) is 17.3. The second kappa shape index (κ2) is 10.9. The van der Waals surface area contributed by atoms with Gasteiger partial charge >= 0.3 is 5.97 Å². The minimum absolute atomic E-state index is 0.132. The Morgan fingerprint density at radius 3 is 2.67 bits per heavy atom. The summed E-state index contributed by atoms with van der Waals surface area (Å²) >= 11 is 3.27. The highest BCUT2D eigenvalue weighted by Crippen LogP contribution is 2.31. The number of hydrogen-bond acceptors (Lipinski definition) is 6. The molecule has 2 aromatic carbocycles. The molecule has 0 radical (unpaired) electrons. The van der Waals surface area contributed by atoms with E-state index in [4.69, 9.17) is 10.9 Å². The standard InChI is InChI=1S/C19H20BrN5O5/c20-14-7-11(4-5-18(28)29)16(26)8-15(14)25-17(27)9-22-19(30)12-2-1-3-13(6-12)23-10-24-21/h1-3,6-8,10,26H,4-5,9,21H2,(H,22,30)(H,23,24)(H,25,27)(H,28,29). The van der Waals surface area contributed by atoms with E-state index in [1.807, 2.05) is 0 Å². The van der Waals surface area contributed by atoms with Crippen molar-refractivity contribution in [2.45, 2.75) is 12.8 Å². The van der Waals surface area contributed by atoms with Gasteiger partial charge in [0.1, 0.15) is 12.1 Å². The van der Waals surface area contributed by atoms with Crippen molar-refractivity contribution >= 4 is 51.4 Å². The number of carboxylic acid groups (broad SMARTS) is 1.